The highest BCUT2D eigenvalue weighted by atomic mass is 35.5. The van der Waals surface area contributed by atoms with E-state index >= 15 is 0 Å². The van der Waals surface area contributed by atoms with Crippen molar-refractivity contribution in [1.29, 1.82) is 0 Å². The van der Waals surface area contributed by atoms with E-state index in [-0.39, 0.29) is 0 Å². The zero-order valence-corrected chi connectivity index (χ0v) is 12.7. The van der Waals surface area contributed by atoms with E-state index in [2.05, 4.69) is 29.4 Å². The summed E-state index contributed by atoms with van der Waals surface area (Å²) in [5, 5.41) is 4.58. The van der Waals surface area contributed by atoms with Crippen LogP contribution in [0.5, 0.6) is 0 Å². The number of amidine groups is 1. The second-order valence-corrected chi connectivity index (χ2v) is 5.97. The summed E-state index contributed by atoms with van der Waals surface area (Å²) in [4.78, 5) is 2.37. The lowest BCUT2D eigenvalue weighted by Gasteiger charge is -2.34. The van der Waals surface area contributed by atoms with Gasteiger partial charge in [0.05, 0.1) is 5.69 Å². The summed E-state index contributed by atoms with van der Waals surface area (Å²) in [6.07, 6.45) is 2.15. The number of nitrogens with two attached hydrogens (primary N) is 2. The summed E-state index contributed by atoms with van der Waals surface area (Å²) in [6, 6.07) is 3.88. The van der Waals surface area contributed by atoms with Gasteiger partial charge >= 0.3 is 0 Å². The number of benzene rings is 1. The molecule has 0 atom stereocenters. The van der Waals surface area contributed by atoms with Gasteiger partial charge in [-0.1, -0.05) is 25.4 Å². The number of hydrogen-bond acceptors (Lipinski definition) is 4. The van der Waals surface area contributed by atoms with Gasteiger partial charge in [-0.3, -0.25) is 0 Å². The van der Waals surface area contributed by atoms with Crippen LogP contribution in [0.25, 0.3) is 0 Å². The second-order valence-electron chi connectivity index (χ2n) is 5.53. The molecule has 0 radical (unpaired) electrons. The molecule has 0 amide bonds. The maximum Gasteiger partial charge on any atom is 0.154 e. The van der Waals surface area contributed by atoms with Crippen LogP contribution in [-0.4, -0.2) is 18.9 Å². The van der Waals surface area contributed by atoms with Crippen molar-refractivity contribution < 1.29 is 0 Å². The van der Waals surface area contributed by atoms with Gasteiger partial charge in [0.1, 0.15) is 0 Å². The third kappa shape index (κ3) is 3.16. The smallest absolute Gasteiger partial charge is 0.154 e. The van der Waals surface area contributed by atoms with Crippen LogP contribution in [-0.2, 0) is 6.42 Å². The molecule has 2 rings (SSSR count). The van der Waals surface area contributed by atoms with Crippen LogP contribution in [0.3, 0.4) is 0 Å². The summed E-state index contributed by atoms with van der Waals surface area (Å²) in [6.45, 7) is 6.44. The molecule has 0 saturated carbocycles. The van der Waals surface area contributed by atoms with Gasteiger partial charge in [0, 0.05) is 23.7 Å². The Kier molecular flexibility index (Phi) is 4.73. The van der Waals surface area contributed by atoms with Crippen LogP contribution >= 0.6 is 11.6 Å². The Labute approximate surface area is 124 Å². The van der Waals surface area contributed by atoms with Crippen molar-refractivity contribution in [3.05, 3.63) is 28.3 Å². The van der Waals surface area contributed by atoms with E-state index in [9.17, 15) is 0 Å². The molecule has 1 heterocycles. The molecular weight excluding hydrogens is 274 g/mol. The highest BCUT2D eigenvalue weighted by Gasteiger charge is 2.23. The number of hydrazone groups is 1. The van der Waals surface area contributed by atoms with Crippen molar-refractivity contribution >= 4 is 23.1 Å². The Balaban J connectivity index is 2.51. The third-order valence-corrected chi connectivity index (χ3v) is 3.61. The van der Waals surface area contributed by atoms with E-state index in [0.717, 1.165) is 37.2 Å². The highest BCUT2D eigenvalue weighted by Crippen LogP contribution is 2.34. The zero-order valence-electron chi connectivity index (χ0n) is 12.0. The average molecular weight is 296 g/mol. The summed E-state index contributed by atoms with van der Waals surface area (Å²) in [7, 11) is 0. The number of halogens is 1. The molecule has 110 valence electrons. The Morgan fingerprint density at radius 3 is 2.90 bits per heavy atom. The van der Waals surface area contributed by atoms with Crippen LogP contribution in [0, 0.1) is 5.92 Å². The van der Waals surface area contributed by atoms with Crippen molar-refractivity contribution in [3.8, 4) is 0 Å². The molecule has 1 aromatic carbocycles. The molecule has 0 aliphatic carbocycles. The van der Waals surface area contributed by atoms with Gasteiger partial charge in [0.15, 0.2) is 5.84 Å². The fourth-order valence-electron chi connectivity index (χ4n) is 2.74. The topological polar surface area (TPSA) is 79.7 Å². The monoisotopic (exact) mass is 295 g/mol. The maximum absolute atomic E-state index is 6.20. The minimum Gasteiger partial charge on any atom is -0.382 e. The number of anilines is 1. The first-order chi connectivity index (χ1) is 9.52. The molecule has 6 heteroatoms. The number of hydrogen-bond donors (Lipinski definition) is 3. The molecule has 0 aromatic heterocycles. The third-order valence-electron chi connectivity index (χ3n) is 3.39. The Hall–Kier alpha value is -1.46. The molecule has 1 aromatic rings. The largest absolute Gasteiger partial charge is 0.382 e. The molecule has 5 nitrogen and oxygen atoms in total. The SMILES string of the molecule is CC(C)CN1CCCc2cc(Cl)cc(/C(N)=N/NN)c21. The fraction of sp³-hybridized carbons (Fsp3) is 0.500. The van der Waals surface area contributed by atoms with E-state index in [1.54, 1.807) is 0 Å². The summed E-state index contributed by atoms with van der Waals surface area (Å²) < 4.78 is 0. The van der Waals surface area contributed by atoms with Crippen LogP contribution < -0.4 is 22.0 Å². The van der Waals surface area contributed by atoms with Gasteiger partial charge in [0.2, 0.25) is 0 Å². The first kappa shape index (κ1) is 14.9. The van der Waals surface area contributed by atoms with Gasteiger partial charge in [-0.05, 0) is 36.5 Å². The second kappa shape index (κ2) is 6.33. The summed E-state index contributed by atoms with van der Waals surface area (Å²) in [5.74, 6) is 6.17. The number of nitrogens with zero attached hydrogens (tertiary/aromatic N) is 2. The Bertz CT molecular complexity index is 513. The molecular formula is C14H22ClN5. The number of nitrogens with one attached hydrogen (secondary N) is 1. The molecule has 0 bridgehead atoms. The predicted molar refractivity (Wildman–Crippen MR) is 84.9 cm³/mol. The van der Waals surface area contributed by atoms with Crippen molar-refractivity contribution in [1.82, 2.24) is 5.53 Å². The molecule has 0 saturated heterocycles. The number of rotatable bonds is 4. The van der Waals surface area contributed by atoms with Crippen molar-refractivity contribution in [2.24, 2.45) is 22.6 Å². The first-order valence-electron chi connectivity index (χ1n) is 6.89. The predicted octanol–water partition coefficient (Wildman–Crippen LogP) is 1.83. The zero-order chi connectivity index (χ0) is 14.7. The number of aryl methyl sites for hydroxylation is 1. The lowest BCUT2D eigenvalue weighted by atomic mass is 9.96. The van der Waals surface area contributed by atoms with Gasteiger partial charge < -0.3 is 10.6 Å². The average Bonchev–Trinajstić information content (AvgIpc) is 2.37. The van der Waals surface area contributed by atoms with Crippen LogP contribution in [0.1, 0.15) is 31.4 Å². The maximum atomic E-state index is 6.20. The van der Waals surface area contributed by atoms with E-state index in [1.165, 1.54) is 5.56 Å². The van der Waals surface area contributed by atoms with Crippen molar-refractivity contribution in [2.75, 3.05) is 18.0 Å². The normalized spacial score (nSPS) is 15.4. The lowest BCUT2D eigenvalue weighted by molar-refractivity contribution is 0.584. The Morgan fingerprint density at radius 1 is 1.50 bits per heavy atom. The summed E-state index contributed by atoms with van der Waals surface area (Å²) >= 11 is 6.20. The van der Waals surface area contributed by atoms with E-state index < -0.39 is 0 Å². The molecule has 20 heavy (non-hydrogen) atoms. The molecule has 0 spiro atoms. The number of hydrazine groups is 1. The van der Waals surface area contributed by atoms with Crippen LogP contribution in [0.2, 0.25) is 5.02 Å². The van der Waals surface area contributed by atoms with E-state index in [0.29, 0.717) is 16.8 Å². The summed E-state index contributed by atoms with van der Waals surface area (Å²) in [5.41, 5.74) is 11.5. The van der Waals surface area contributed by atoms with E-state index in [1.807, 2.05) is 12.1 Å². The first-order valence-corrected chi connectivity index (χ1v) is 7.27. The quantitative estimate of drug-likeness (QED) is 0.343. The molecule has 0 unspecified atom stereocenters. The van der Waals surface area contributed by atoms with Gasteiger partial charge in [0.25, 0.3) is 0 Å². The lowest BCUT2D eigenvalue weighted by Crippen LogP contribution is -2.35. The molecule has 1 aliphatic heterocycles. The Morgan fingerprint density at radius 2 is 2.25 bits per heavy atom. The van der Waals surface area contributed by atoms with Crippen molar-refractivity contribution in [3.63, 3.8) is 0 Å². The number of fused-ring (bicyclic) bond motifs is 1. The fourth-order valence-corrected chi connectivity index (χ4v) is 2.98. The van der Waals surface area contributed by atoms with E-state index in [4.69, 9.17) is 23.2 Å². The van der Waals surface area contributed by atoms with Crippen molar-refractivity contribution in [2.45, 2.75) is 26.7 Å². The standard InChI is InChI=1S/C14H22ClN5/c1-9(2)8-20-5-3-4-10-6-11(15)7-12(13(10)20)14(16)18-19-17/h6-7,9,19H,3-5,8,17H2,1-2H3,(H2,16,18). The van der Waals surface area contributed by atoms with Crippen LogP contribution in [0.15, 0.2) is 17.2 Å². The molecule has 5 N–H and O–H groups in total. The minimum atomic E-state index is 0.363. The molecule has 0 fully saturated rings. The van der Waals surface area contributed by atoms with Gasteiger partial charge in [-0.15, -0.1) is 5.10 Å². The molecule has 1 aliphatic rings. The van der Waals surface area contributed by atoms with Gasteiger partial charge in [-0.2, -0.15) is 0 Å². The highest BCUT2D eigenvalue weighted by molar-refractivity contribution is 6.31. The van der Waals surface area contributed by atoms with Gasteiger partial charge in [-0.25, -0.2) is 11.4 Å². The van der Waals surface area contributed by atoms with Crippen LogP contribution in [0.4, 0.5) is 5.69 Å². The minimum absolute atomic E-state index is 0.363.